The van der Waals surface area contributed by atoms with E-state index in [0.717, 1.165) is 38.5 Å². The SMILES string of the molecule is O=C(O)C1CCCC([N+](=O)[O-])C1C(=O)OC1CCC(OCCCOC2CCC(OOCC3C(COO)CCCC3[N+](=O)[O-])CC2)CC1. The number of nitro groups is 2. The first-order valence-corrected chi connectivity index (χ1v) is 17.2. The number of ether oxygens (including phenoxy) is 3. The van der Waals surface area contributed by atoms with Gasteiger partial charge in [-0.2, -0.15) is 0 Å². The minimum Gasteiger partial charge on any atom is -0.481 e. The number of carbonyl (C=O) groups excluding carboxylic acids is 1. The van der Waals surface area contributed by atoms with Crippen LogP contribution in [0.25, 0.3) is 0 Å². The largest absolute Gasteiger partial charge is 0.481 e. The number of nitrogens with zero attached hydrogens (tertiary/aromatic N) is 2. The zero-order chi connectivity index (χ0) is 33.8. The maximum absolute atomic E-state index is 12.9. The molecule has 0 amide bonds. The quantitative estimate of drug-likeness (QED) is 0.0726. The van der Waals surface area contributed by atoms with Gasteiger partial charge in [0.2, 0.25) is 12.1 Å². The van der Waals surface area contributed by atoms with Gasteiger partial charge in [0, 0.05) is 35.9 Å². The minimum absolute atomic E-state index is 0.0196. The minimum atomic E-state index is -1.26. The third-order valence-electron chi connectivity index (χ3n) is 10.4. The van der Waals surface area contributed by atoms with Gasteiger partial charge in [-0.15, -0.1) is 0 Å². The van der Waals surface area contributed by atoms with Crippen LogP contribution in [0, 0.1) is 43.9 Å². The molecule has 4 saturated carbocycles. The van der Waals surface area contributed by atoms with Crippen LogP contribution in [0.3, 0.4) is 0 Å². The predicted molar refractivity (Wildman–Crippen MR) is 161 cm³/mol. The van der Waals surface area contributed by atoms with Crippen LogP contribution < -0.4 is 0 Å². The molecule has 2 N–H and O–H groups in total. The van der Waals surface area contributed by atoms with Crippen LogP contribution >= 0.6 is 0 Å². The highest BCUT2D eigenvalue weighted by molar-refractivity contribution is 5.82. The summed E-state index contributed by atoms with van der Waals surface area (Å²) in [5, 5.41) is 41.4. The van der Waals surface area contributed by atoms with Gasteiger partial charge < -0.3 is 19.3 Å². The molecule has 268 valence electrons. The Kier molecular flexibility index (Phi) is 15.0. The number of rotatable bonds is 17. The van der Waals surface area contributed by atoms with Crippen LogP contribution in [0.2, 0.25) is 0 Å². The normalized spacial score (nSPS) is 34.7. The maximum atomic E-state index is 12.9. The molecule has 4 aliphatic carbocycles. The number of hydrogen-bond acceptors (Lipinski definition) is 13. The molecule has 0 aromatic carbocycles. The lowest BCUT2D eigenvalue weighted by Crippen LogP contribution is -2.47. The Balaban J connectivity index is 1.05. The summed E-state index contributed by atoms with van der Waals surface area (Å²) < 4.78 is 17.6. The van der Waals surface area contributed by atoms with Gasteiger partial charge in [0.25, 0.3) is 0 Å². The molecule has 47 heavy (non-hydrogen) atoms. The van der Waals surface area contributed by atoms with Gasteiger partial charge in [-0.3, -0.25) is 35.1 Å². The fourth-order valence-corrected chi connectivity index (χ4v) is 7.78. The van der Waals surface area contributed by atoms with E-state index in [9.17, 15) is 34.9 Å². The molecule has 0 saturated heterocycles. The van der Waals surface area contributed by atoms with Crippen LogP contribution in [-0.4, -0.2) is 95.1 Å². The summed E-state index contributed by atoms with van der Waals surface area (Å²) in [5.74, 6) is -4.88. The monoisotopic (exact) mass is 674 g/mol. The van der Waals surface area contributed by atoms with Crippen molar-refractivity contribution < 1.29 is 58.7 Å². The zero-order valence-electron chi connectivity index (χ0n) is 26.9. The van der Waals surface area contributed by atoms with E-state index in [1.165, 1.54) is 0 Å². The van der Waals surface area contributed by atoms with E-state index in [1.807, 2.05) is 0 Å². The van der Waals surface area contributed by atoms with Crippen LogP contribution in [-0.2, 0) is 38.5 Å². The lowest BCUT2D eigenvalue weighted by atomic mass is 9.76. The molecule has 6 atom stereocenters. The van der Waals surface area contributed by atoms with Crippen molar-refractivity contribution in [2.24, 2.45) is 23.7 Å². The van der Waals surface area contributed by atoms with Crippen molar-refractivity contribution in [2.75, 3.05) is 26.4 Å². The molecular formula is C31H50N2O14. The number of carboxylic acid groups (broad SMARTS) is 1. The lowest BCUT2D eigenvalue weighted by molar-refractivity contribution is -0.542. The van der Waals surface area contributed by atoms with E-state index in [-0.39, 0.29) is 61.1 Å². The fraction of sp³-hybridized carbons (Fsp3) is 0.935. The van der Waals surface area contributed by atoms with E-state index in [4.69, 9.17) is 29.2 Å². The van der Waals surface area contributed by atoms with E-state index >= 15 is 0 Å². The topological polar surface area (TPSA) is 216 Å². The van der Waals surface area contributed by atoms with Gasteiger partial charge in [-0.1, -0.05) is 0 Å². The molecule has 6 unspecified atom stereocenters. The van der Waals surface area contributed by atoms with Crippen molar-refractivity contribution >= 4 is 11.9 Å². The highest BCUT2D eigenvalue weighted by atomic mass is 17.2. The third-order valence-corrected chi connectivity index (χ3v) is 10.4. The molecular weight excluding hydrogens is 624 g/mol. The first-order valence-electron chi connectivity index (χ1n) is 17.2. The van der Waals surface area contributed by atoms with E-state index in [0.29, 0.717) is 58.2 Å². The van der Waals surface area contributed by atoms with Gasteiger partial charge in [0.05, 0.1) is 43.4 Å². The van der Waals surface area contributed by atoms with Crippen molar-refractivity contribution in [1.29, 1.82) is 0 Å². The highest BCUT2D eigenvalue weighted by Crippen LogP contribution is 2.35. The van der Waals surface area contributed by atoms with Crippen molar-refractivity contribution in [3.8, 4) is 0 Å². The Labute approximate surface area is 273 Å². The summed E-state index contributed by atoms with van der Waals surface area (Å²) in [4.78, 5) is 62.1. The van der Waals surface area contributed by atoms with E-state index in [2.05, 4.69) is 4.89 Å². The van der Waals surface area contributed by atoms with Crippen molar-refractivity contribution in [3.63, 3.8) is 0 Å². The predicted octanol–water partition coefficient (Wildman–Crippen LogP) is 4.22. The van der Waals surface area contributed by atoms with Crippen molar-refractivity contribution in [3.05, 3.63) is 20.2 Å². The number of hydrogen-bond donors (Lipinski definition) is 2. The Morgan fingerprint density at radius 3 is 1.83 bits per heavy atom. The van der Waals surface area contributed by atoms with Crippen LogP contribution in [0.15, 0.2) is 0 Å². The average Bonchev–Trinajstić information content (AvgIpc) is 3.06. The Morgan fingerprint density at radius 1 is 0.702 bits per heavy atom. The van der Waals surface area contributed by atoms with Gasteiger partial charge in [-0.25, -0.2) is 14.7 Å². The number of carbonyl (C=O) groups is 2. The Hall–Kier alpha value is -2.50. The highest BCUT2D eigenvalue weighted by Gasteiger charge is 2.50. The molecule has 0 aromatic heterocycles. The molecule has 4 fully saturated rings. The summed E-state index contributed by atoms with van der Waals surface area (Å²) in [6.07, 6.45) is 8.70. The summed E-state index contributed by atoms with van der Waals surface area (Å²) in [7, 11) is 0. The maximum Gasteiger partial charge on any atom is 0.317 e. The van der Waals surface area contributed by atoms with Crippen molar-refractivity contribution in [1.82, 2.24) is 0 Å². The lowest BCUT2D eigenvalue weighted by Gasteiger charge is -2.33. The second kappa shape index (κ2) is 18.9. The summed E-state index contributed by atoms with van der Waals surface area (Å²) in [6.45, 7) is 1.21. The summed E-state index contributed by atoms with van der Waals surface area (Å²) in [5.41, 5.74) is 0. The smallest absolute Gasteiger partial charge is 0.317 e. The molecule has 16 nitrogen and oxygen atoms in total. The molecule has 16 heteroatoms. The molecule has 0 spiro atoms. The molecule has 0 radical (unpaired) electrons. The van der Waals surface area contributed by atoms with Gasteiger partial charge >= 0.3 is 11.9 Å². The molecule has 0 bridgehead atoms. The second-order valence-electron chi connectivity index (χ2n) is 13.5. The van der Waals surface area contributed by atoms with Crippen LogP contribution in [0.1, 0.15) is 96.3 Å². The molecule has 0 aromatic rings. The number of carboxylic acids is 1. The van der Waals surface area contributed by atoms with Gasteiger partial charge in [0.15, 0.2) is 0 Å². The summed E-state index contributed by atoms with van der Waals surface area (Å²) >= 11 is 0. The van der Waals surface area contributed by atoms with Crippen LogP contribution in [0.4, 0.5) is 0 Å². The molecule has 4 rings (SSSR count). The van der Waals surface area contributed by atoms with Gasteiger partial charge in [-0.05, 0) is 89.4 Å². The van der Waals surface area contributed by atoms with Crippen molar-refractivity contribution in [2.45, 2.75) is 133 Å². The number of esters is 1. The fourth-order valence-electron chi connectivity index (χ4n) is 7.78. The zero-order valence-corrected chi connectivity index (χ0v) is 26.9. The van der Waals surface area contributed by atoms with Gasteiger partial charge in [0.1, 0.15) is 12.0 Å². The summed E-state index contributed by atoms with van der Waals surface area (Å²) in [6, 6.07) is -1.97. The third kappa shape index (κ3) is 11.0. The average molecular weight is 675 g/mol. The first-order chi connectivity index (χ1) is 22.7. The standard InChI is InChI=1S/C31H50N2O14/c34-30(35)25-5-2-7-28(33(39)40)29(25)31(36)46-23-12-8-21(9-13-23)42-16-3-17-43-22-10-14-24(15-11-22)47-45-19-26-20(18-44-41)4-1-6-27(26)32(37)38/h20-29,41H,1-19H2,(H,34,35). The number of aliphatic carboxylic acids is 1. The van der Waals surface area contributed by atoms with E-state index < -0.39 is 46.9 Å². The first kappa shape index (κ1) is 37.3. The molecule has 4 aliphatic rings. The molecule has 0 heterocycles. The second-order valence-corrected chi connectivity index (χ2v) is 13.5. The Bertz CT molecular complexity index is 992. The Morgan fingerprint density at radius 2 is 1.26 bits per heavy atom. The van der Waals surface area contributed by atoms with E-state index in [1.54, 1.807) is 0 Å². The molecule has 0 aliphatic heterocycles. The van der Waals surface area contributed by atoms with Crippen LogP contribution in [0.5, 0.6) is 0 Å².